The minimum absolute atomic E-state index is 0.144. The van der Waals surface area contributed by atoms with Crippen LogP contribution in [0.5, 0.6) is 0 Å². The van der Waals surface area contributed by atoms with E-state index in [4.69, 9.17) is 10.3 Å². The van der Waals surface area contributed by atoms with Gasteiger partial charge in [-0.05, 0) is 25.4 Å². The average Bonchev–Trinajstić information content (AvgIpc) is 2.63. The van der Waals surface area contributed by atoms with Crippen LogP contribution in [0.2, 0.25) is 0 Å². The SMILES string of the molecule is CCN(Cc1cc(C)no1)CC(C)(C)CN. The largest absolute Gasteiger partial charge is 0.360 e. The van der Waals surface area contributed by atoms with E-state index in [-0.39, 0.29) is 5.41 Å². The van der Waals surface area contributed by atoms with Crippen molar-refractivity contribution >= 4 is 0 Å². The predicted molar refractivity (Wildman–Crippen MR) is 65.0 cm³/mol. The first kappa shape index (κ1) is 13.2. The Hall–Kier alpha value is -0.870. The summed E-state index contributed by atoms with van der Waals surface area (Å²) in [6.07, 6.45) is 0. The molecule has 0 radical (unpaired) electrons. The number of nitrogens with zero attached hydrogens (tertiary/aromatic N) is 2. The first-order valence-corrected chi connectivity index (χ1v) is 5.81. The number of aromatic nitrogens is 1. The van der Waals surface area contributed by atoms with Crippen LogP contribution in [-0.4, -0.2) is 29.7 Å². The van der Waals surface area contributed by atoms with Gasteiger partial charge in [0.05, 0.1) is 12.2 Å². The molecule has 1 aromatic rings. The molecule has 4 heteroatoms. The van der Waals surface area contributed by atoms with Crippen molar-refractivity contribution in [2.24, 2.45) is 11.1 Å². The maximum atomic E-state index is 5.74. The highest BCUT2D eigenvalue weighted by Gasteiger charge is 2.20. The lowest BCUT2D eigenvalue weighted by molar-refractivity contribution is 0.167. The molecule has 0 saturated carbocycles. The highest BCUT2D eigenvalue weighted by atomic mass is 16.5. The molecule has 1 heterocycles. The molecule has 0 aliphatic rings. The van der Waals surface area contributed by atoms with Gasteiger partial charge in [-0.3, -0.25) is 4.90 Å². The van der Waals surface area contributed by atoms with Crippen LogP contribution in [0, 0.1) is 12.3 Å². The summed E-state index contributed by atoms with van der Waals surface area (Å²) in [7, 11) is 0. The summed E-state index contributed by atoms with van der Waals surface area (Å²) >= 11 is 0. The smallest absolute Gasteiger partial charge is 0.150 e. The van der Waals surface area contributed by atoms with Crippen molar-refractivity contribution in [3.63, 3.8) is 0 Å². The van der Waals surface area contributed by atoms with Crippen molar-refractivity contribution in [3.8, 4) is 0 Å². The Morgan fingerprint density at radius 1 is 1.50 bits per heavy atom. The predicted octanol–water partition coefficient (Wildman–Crippen LogP) is 1.79. The normalized spacial score (nSPS) is 12.4. The second kappa shape index (κ2) is 5.46. The minimum Gasteiger partial charge on any atom is -0.360 e. The molecule has 0 amide bonds. The van der Waals surface area contributed by atoms with Gasteiger partial charge in [0, 0.05) is 12.6 Å². The van der Waals surface area contributed by atoms with E-state index in [0.29, 0.717) is 6.54 Å². The molecular formula is C12H23N3O. The van der Waals surface area contributed by atoms with Gasteiger partial charge in [-0.15, -0.1) is 0 Å². The van der Waals surface area contributed by atoms with Crippen molar-refractivity contribution < 1.29 is 4.52 Å². The molecule has 0 spiro atoms. The minimum atomic E-state index is 0.144. The number of aryl methyl sites for hydroxylation is 1. The van der Waals surface area contributed by atoms with Crippen LogP contribution < -0.4 is 5.73 Å². The molecule has 0 bridgehead atoms. The van der Waals surface area contributed by atoms with Gasteiger partial charge in [-0.1, -0.05) is 25.9 Å². The van der Waals surface area contributed by atoms with Gasteiger partial charge in [0.25, 0.3) is 0 Å². The Labute approximate surface area is 97.8 Å². The number of hydrogen-bond acceptors (Lipinski definition) is 4. The first-order chi connectivity index (χ1) is 7.46. The lowest BCUT2D eigenvalue weighted by atomic mass is 9.93. The van der Waals surface area contributed by atoms with E-state index >= 15 is 0 Å². The van der Waals surface area contributed by atoms with Crippen LogP contribution >= 0.6 is 0 Å². The van der Waals surface area contributed by atoms with Crippen LogP contribution in [0.1, 0.15) is 32.2 Å². The van der Waals surface area contributed by atoms with Crippen LogP contribution in [0.15, 0.2) is 10.6 Å². The van der Waals surface area contributed by atoms with E-state index < -0.39 is 0 Å². The zero-order chi connectivity index (χ0) is 12.2. The second-order valence-electron chi connectivity index (χ2n) is 5.11. The van der Waals surface area contributed by atoms with Crippen LogP contribution in [-0.2, 0) is 6.54 Å². The van der Waals surface area contributed by atoms with E-state index in [0.717, 1.165) is 31.1 Å². The lowest BCUT2D eigenvalue weighted by Crippen LogP contribution is -2.38. The molecule has 4 nitrogen and oxygen atoms in total. The number of hydrogen-bond donors (Lipinski definition) is 1. The third-order valence-corrected chi connectivity index (χ3v) is 2.71. The third kappa shape index (κ3) is 3.94. The molecule has 0 aliphatic heterocycles. The summed E-state index contributed by atoms with van der Waals surface area (Å²) in [6.45, 7) is 11.9. The first-order valence-electron chi connectivity index (χ1n) is 5.81. The monoisotopic (exact) mass is 225 g/mol. The molecule has 0 fully saturated rings. The fourth-order valence-electron chi connectivity index (χ4n) is 1.66. The van der Waals surface area contributed by atoms with Gasteiger partial charge in [0.1, 0.15) is 0 Å². The molecule has 0 aromatic carbocycles. The molecule has 0 atom stereocenters. The van der Waals surface area contributed by atoms with Crippen molar-refractivity contribution in [3.05, 3.63) is 17.5 Å². The summed E-state index contributed by atoms with van der Waals surface area (Å²) in [5.41, 5.74) is 6.82. The zero-order valence-electron chi connectivity index (χ0n) is 10.8. The van der Waals surface area contributed by atoms with Crippen LogP contribution in [0.25, 0.3) is 0 Å². The summed E-state index contributed by atoms with van der Waals surface area (Å²) < 4.78 is 5.22. The molecule has 16 heavy (non-hydrogen) atoms. The van der Waals surface area contributed by atoms with E-state index in [9.17, 15) is 0 Å². The molecule has 1 aromatic heterocycles. The van der Waals surface area contributed by atoms with E-state index in [1.54, 1.807) is 0 Å². The maximum absolute atomic E-state index is 5.74. The summed E-state index contributed by atoms with van der Waals surface area (Å²) in [6, 6.07) is 1.98. The highest BCUT2D eigenvalue weighted by molar-refractivity contribution is 5.02. The average molecular weight is 225 g/mol. The second-order valence-corrected chi connectivity index (χ2v) is 5.11. The Kier molecular flexibility index (Phi) is 4.50. The van der Waals surface area contributed by atoms with Gasteiger partial charge in [-0.2, -0.15) is 0 Å². The van der Waals surface area contributed by atoms with Crippen molar-refractivity contribution in [2.75, 3.05) is 19.6 Å². The molecule has 0 aliphatic carbocycles. The van der Waals surface area contributed by atoms with Gasteiger partial charge in [0.2, 0.25) is 0 Å². The van der Waals surface area contributed by atoms with Gasteiger partial charge >= 0.3 is 0 Å². The molecule has 0 unspecified atom stereocenters. The van der Waals surface area contributed by atoms with Crippen LogP contribution in [0.3, 0.4) is 0 Å². The number of rotatable bonds is 6. The van der Waals surface area contributed by atoms with E-state index in [1.165, 1.54) is 0 Å². The van der Waals surface area contributed by atoms with Crippen LogP contribution in [0.4, 0.5) is 0 Å². The fourth-order valence-corrected chi connectivity index (χ4v) is 1.66. The zero-order valence-corrected chi connectivity index (χ0v) is 10.8. The molecular weight excluding hydrogens is 202 g/mol. The fraction of sp³-hybridized carbons (Fsp3) is 0.750. The lowest BCUT2D eigenvalue weighted by Gasteiger charge is -2.30. The van der Waals surface area contributed by atoms with E-state index in [2.05, 4.69) is 30.8 Å². The van der Waals surface area contributed by atoms with Gasteiger partial charge < -0.3 is 10.3 Å². The highest BCUT2D eigenvalue weighted by Crippen LogP contribution is 2.16. The topological polar surface area (TPSA) is 55.3 Å². The van der Waals surface area contributed by atoms with Crippen molar-refractivity contribution in [1.82, 2.24) is 10.1 Å². The van der Waals surface area contributed by atoms with Gasteiger partial charge in [-0.25, -0.2) is 0 Å². The van der Waals surface area contributed by atoms with Gasteiger partial charge in [0.15, 0.2) is 5.76 Å². The van der Waals surface area contributed by atoms with Crippen molar-refractivity contribution in [1.29, 1.82) is 0 Å². The summed E-state index contributed by atoms with van der Waals surface area (Å²) in [5.74, 6) is 0.923. The Morgan fingerprint density at radius 3 is 2.62 bits per heavy atom. The Morgan fingerprint density at radius 2 is 2.19 bits per heavy atom. The quantitative estimate of drug-likeness (QED) is 0.802. The third-order valence-electron chi connectivity index (χ3n) is 2.71. The Balaban J connectivity index is 2.55. The van der Waals surface area contributed by atoms with Crippen molar-refractivity contribution in [2.45, 2.75) is 34.2 Å². The standard InChI is InChI=1S/C12H23N3O/c1-5-15(9-12(3,4)8-13)7-11-6-10(2)14-16-11/h6H,5,7-9,13H2,1-4H3. The maximum Gasteiger partial charge on any atom is 0.150 e. The van der Waals surface area contributed by atoms with E-state index in [1.807, 2.05) is 13.0 Å². The molecule has 1 rings (SSSR count). The molecule has 0 saturated heterocycles. The Bertz CT molecular complexity index is 320. The summed E-state index contributed by atoms with van der Waals surface area (Å²) in [5, 5.41) is 3.89. The summed E-state index contributed by atoms with van der Waals surface area (Å²) in [4.78, 5) is 2.33. The molecule has 2 N–H and O–H groups in total. The number of nitrogens with two attached hydrogens (primary N) is 1. The molecule has 92 valence electrons.